The third-order valence-electron chi connectivity index (χ3n) is 2.96. The molecule has 5 heteroatoms. The van der Waals surface area contributed by atoms with Gasteiger partial charge in [0.15, 0.2) is 0 Å². The van der Waals surface area contributed by atoms with Crippen molar-refractivity contribution in [1.29, 1.82) is 5.26 Å². The van der Waals surface area contributed by atoms with Crippen LogP contribution in [-0.4, -0.2) is 19.7 Å². The molecule has 0 aliphatic rings. The quantitative estimate of drug-likeness (QED) is 0.490. The van der Waals surface area contributed by atoms with Crippen LogP contribution in [-0.2, 0) is 4.74 Å². The largest absolute Gasteiger partial charge is 0.496 e. The number of ether oxygens (including phenoxy) is 2. The van der Waals surface area contributed by atoms with E-state index in [1.54, 1.807) is 18.2 Å². The Balaban J connectivity index is 2.59. The molecule has 2 N–H and O–H groups in total. The van der Waals surface area contributed by atoms with Crippen molar-refractivity contribution < 1.29 is 14.3 Å². The van der Waals surface area contributed by atoms with Crippen molar-refractivity contribution in [2.45, 2.75) is 26.7 Å². The van der Waals surface area contributed by atoms with E-state index in [1.165, 1.54) is 7.11 Å². The van der Waals surface area contributed by atoms with Gasteiger partial charge in [0.25, 0.3) is 0 Å². The molecule has 0 atom stereocenters. The molecule has 0 fully saturated rings. The molecule has 0 bridgehead atoms. The topological polar surface area (TPSA) is 85.3 Å². The lowest BCUT2D eigenvalue weighted by Gasteiger charge is -2.15. The number of esters is 1. The number of hydrogen-bond donors (Lipinski definition) is 1. The molecule has 1 aromatic rings. The monoisotopic (exact) mass is 276 g/mol. The number of nitrogens with zero attached hydrogens (tertiary/aromatic N) is 1. The van der Waals surface area contributed by atoms with Gasteiger partial charge in [0, 0.05) is 5.69 Å². The summed E-state index contributed by atoms with van der Waals surface area (Å²) in [7, 11) is 1.47. The maximum absolute atomic E-state index is 12.0. The van der Waals surface area contributed by atoms with Crippen LogP contribution in [0.2, 0.25) is 0 Å². The van der Waals surface area contributed by atoms with E-state index in [4.69, 9.17) is 20.5 Å². The summed E-state index contributed by atoms with van der Waals surface area (Å²) in [5.74, 6) is -0.109. The molecule has 0 aromatic heterocycles. The van der Waals surface area contributed by atoms with Gasteiger partial charge in [0.2, 0.25) is 0 Å². The van der Waals surface area contributed by atoms with Crippen molar-refractivity contribution in [3.05, 3.63) is 23.8 Å². The molecule has 0 saturated carbocycles. The predicted molar refractivity (Wildman–Crippen MR) is 76.3 cm³/mol. The second-order valence-electron chi connectivity index (χ2n) is 5.16. The zero-order valence-corrected chi connectivity index (χ0v) is 12.1. The Morgan fingerprint density at radius 3 is 2.75 bits per heavy atom. The smallest absolute Gasteiger partial charge is 0.344 e. The van der Waals surface area contributed by atoms with Crippen LogP contribution in [0.5, 0.6) is 5.75 Å². The van der Waals surface area contributed by atoms with Crippen LogP contribution < -0.4 is 10.5 Å². The third kappa shape index (κ3) is 4.16. The zero-order valence-electron chi connectivity index (χ0n) is 12.1. The second kappa shape index (κ2) is 6.80. The molecule has 5 nitrogen and oxygen atoms in total. The lowest BCUT2D eigenvalue weighted by molar-refractivity contribution is 0.0488. The molecule has 0 aliphatic heterocycles. The van der Waals surface area contributed by atoms with Gasteiger partial charge in [-0.05, 0) is 38.8 Å². The Morgan fingerprint density at radius 2 is 2.15 bits per heavy atom. The minimum absolute atomic E-state index is 0.245. The summed E-state index contributed by atoms with van der Waals surface area (Å²) in [6.45, 7) is 3.96. The molecule has 0 amide bonds. The van der Waals surface area contributed by atoms with E-state index in [0.29, 0.717) is 24.3 Å². The number of carbonyl (C=O) groups is 1. The SMILES string of the molecule is COc1cccc(N)c1C(=O)OCCCC(C)(C)C#N. The Hall–Kier alpha value is -2.22. The molecule has 0 unspecified atom stereocenters. The molecule has 1 aromatic carbocycles. The molecule has 0 radical (unpaired) electrons. The van der Waals surface area contributed by atoms with Gasteiger partial charge in [0.05, 0.1) is 25.2 Å². The van der Waals surface area contributed by atoms with E-state index in [0.717, 1.165) is 0 Å². The summed E-state index contributed by atoms with van der Waals surface area (Å²) in [6, 6.07) is 7.20. The van der Waals surface area contributed by atoms with Crippen LogP contribution in [0.3, 0.4) is 0 Å². The Labute approximate surface area is 119 Å². The van der Waals surface area contributed by atoms with Gasteiger partial charge in [-0.1, -0.05) is 6.07 Å². The molecule has 1 rings (SSSR count). The van der Waals surface area contributed by atoms with E-state index in [2.05, 4.69) is 6.07 Å². The summed E-state index contributed by atoms with van der Waals surface area (Å²) >= 11 is 0. The molecule has 0 saturated heterocycles. The van der Waals surface area contributed by atoms with Crippen LogP contribution in [0.25, 0.3) is 0 Å². The molecule has 0 heterocycles. The van der Waals surface area contributed by atoms with Gasteiger partial charge in [-0.3, -0.25) is 0 Å². The number of nitrogens with two attached hydrogens (primary N) is 1. The number of methoxy groups -OCH3 is 1. The van der Waals surface area contributed by atoms with Crippen molar-refractivity contribution in [3.8, 4) is 11.8 Å². The first-order valence-electron chi connectivity index (χ1n) is 6.42. The van der Waals surface area contributed by atoms with Crippen LogP contribution in [0.1, 0.15) is 37.0 Å². The normalized spacial score (nSPS) is 10.7. The molecular weight excluding hydrogens is 256 g/mol. The molecule has 0 aliphatic carbocycles. The maximum Gasteiger partial charge on any atom is 0.344 e. The van der Waals surface area contributed by atoms with Crippen molar-refractivity contribution in [2.75, 3.05) is 19.5 Å². The van der Waals surface area contributed by atoms with E-state index >= 15 is 0 Å². The average Bonchev–Trinajstić information content (AvgIpc) is 2.43. The van der Waals surface area contributed by atoms with E-state index < -0.39 is 11.4 Å². The highest BCUT2D eigenvalue weighted by Gasteiger charge is 2.19. The molecular formula is C15H20N2O3. The number of nitrogen functional groups attached to an aromatic ring is 1. The highest BCUT2D eigenvalue weighted by Crippen LogP contribution is 2.25. The summed E-state index contributed by atoms with van der Waals surface area (Å²) in [5, 5.41) is 8.89. The minimum atomic E-state index is -0.505. The Morgan fingerprint density at radius 1 is 1.45 bits per heavy atom. The van der Waals surface area contributed by atoms with E-state index in [-0.39, 0.29) is 12.2 Å². The molecule has 20 heavy (non-hydrogen) atoms. The Bertz CT molecular complexity index is 518. The minimum Gasteiger partial charge on any atom is -0.496 e. The van der Waals surface area contributed by atoms with Crippen LogP contribution >= 0.6 is 0 Å². The van der Waals surface area contributed by atoms with Crippen molar-refractivity contribution in [3.63, 3.8) is 0 Å². The first-order chi connectivity index (χ1) is 9.41. The predicted octanol–water partition coefficient (Wildman–Crippen LogP) is 2.76. The Kier molecular flexibility index (Phi) is 5.39. The first-order valence-corrected chi connectivity index (χ1v) is 6.42. The number of hydrogen-bond acceptors (Lipinski definition) is 5. The third-order valence-corrected chi connectivity index (χ3v) is 2.96. The first kappa shape index (κ1) is 15.8. The summed E-state index contributed by atoms with van der Waals surface area (Å²) in [5.41, 5.74) is 5.93. The van der Waals surface area contributed by atoms with Gasteiger partial charge in [0.1, 0.15) is 11.3 Å². The van der Waals surface area contributed by atoms with Crippen molar-refractivity contribution in [2.24, 2.45) is 5.41 Å². The van der Waals surface area contributed by atoms with Crippen molar-refractivity contribution >= 4 is 11.7 Å². The van der Waals surface area contributed by atoms with Crippen LogP contribution in [0.15, 0.2) is 18.2 Å². The summed E-state index contributed by atoms with van der Waals surface area (Å²) < 4.78 is 10.3. The number of benzene rings is 1. The fourth-order valence-electron chi connectivity index (χ4n) is 1.74. The van der Waals surface area contributed by atoms with Gasteiger partial charge in [-0.25, -0.2) is 4.79 Å². The number of carbonyl (C=O) groups excluding carboxylic acids is 1. The van der Waals surface area contributed by atoms with Crippen LogP contribution in [0.4, 0.5) is 5.69 Å². The summed E-state index contributed by atoms with van der Waals surface area (Å²) in [4.78, 5) is 12.0. The average molecular weight is 276 g/mol. The fourth-order valence-corrected chi connectivity index (χ4v) is 1.74. The molecule has 0 spiro atoms. The van der Waals surface area contributed by atoms with Gasteiger partial charge in [-0.2, -0.15) is 5.26 Å². The van der Waals surface area contributed by atoms with Crippen LogP contribution in [0, 0.1) is 16.7 Å². The van der Waals surface area contributed by atoms with Crippen molar-refractivity contribution in [1.82, 2.24) is 0 Å². The van der Waals surface area contributed by atoms with E-state index in [9.17, 15) is 4.79 Å². The zero-order chi connectivity index (χ0) is 15.2. The highest BCUT2D eigenvalue weighted by molar-refractivity contribution is 5.98. The standard InChI is InChI=1S/C15H20N2O3/c1-15(2,10-16)8-5-9-20-14(18)13-11(17)6-4-7-12(13)19-3/h4,6-7H,5,8-9,17H2,1-3H3. The number of anilines is 1. The highest BCUT2D eigenvalue weighted by atomic mass is 16.5. The van der Waals surface area contributed by atoms with E-state index in [1.807, 2.05) is 13.8 Å². The number of nitriles is 1. The molecule has 108 valence electrons. The second-order valence-corrected chi connectivity index (χ2v) is 5.16. The van der Waals surface area contributed by atoms with Gasteiger partial charge >= 0.3 is 5.97 Å². The lowest BCUT2D eigenvalue weighted by Crippen LogP contribution is -2.13. The van der Waals surface area contributed by atoms with Gasteiger partial charge < -0.3 is 15.2 Å². The number of rotatable bonds is 6. The lowest BCUT2D eigenvalue weighted by atomic mass is 9.90. The fraction of sp³-hybridized carbons (Fsp3) is 0.467. The van der Waals surface area contributed by atoms with Gasteiger partial charge in [-0.15, -0.1) is 0 Å². The maximum atomic E-state index is 12.0. The summed E-state index contributed by atoms with van der Waals surface area (Å²) in [6.07, 6.45) is 1.29.